The predicted octanol–water partition coefficient (Wildman–Crippen LogP) is 4.01. The number of guanidine groups is 1. The molecule has 1 fully saturated rings. The Morgan fingerprint density at radius 2 is 1.97 bits per heavy atom. The summed E-state index contributed by atoms with van der Waals surface area (Å²) < 4.78 is 5.37. The van der Waals surface area contributed by atoms with Gasteiger partial charge in [0.05, 0.1) is 11.6 Å². The van der Waals surface area contributed by atoms with Gasteiger partial charge in [-0.05, 0) is 11.6 Å². The lowest BCUT2D eigenvalue weighted by Crippen LogP contribution is -2.34. The molecule has 0 aliphatic carbocycles. The monoisotopic (exact) mass is 406 g/mol. The summed E-state index contributed by atoms with van der Waals surface area (Å²) in [6.45, 7) is 2.91. The first-order valence-corrected chi connectivity index (χ1v) is 10.6. The van der Waals surface area contributed by atoms with Gasteiger partial charge in [-0.1, -0.05) is 60.6 Å². The van der Waals surface area contributed by atoms with Crippen molar-refractivity contribution in [1.29, 1.82) is 0 Å². The largest absolute Gasteiger partial charge is 0.369 e. The number of hydrogen-bond acceptors (Lipinski definition) is 5. The molecule has 4 rings (SSSR count). The fourth-order valence-electron chi connectivity index (χ4n) is 3.19. The molecule has 6 nitrogen and oxygen atoms in total. The van der Waals surface area contributed by atoms with Crippen LogP contribution in [0.1, 0.15) is 40.0 Å². The highest BCUT2D eigenvalue weighted by Crippen LogP contribution is 2.28. The summed E-state index contributed by atoms with van der Waals surface area (Å²) >= 11 is 1.82. The molecule has 1 unspecified atom stereocenters. The number of aliphatic imine (C=N–C) groups is 1. The van der Waals surface area contributed by atoms with Crippen LogP contribution in [-0.4, -0.2) is 40.0 Å². The van der Waals surface area contributed by atoms with E-state index in [0.29, 0.717) is 23.0 Å². The highest BCUT2D eigenvalue weighted by atomic mass is 32.2. The molecular formula is C22H22N4O2S. The molecule has 0 bridgehead atoms. The standard InChI is InChI=1S/C22H22N4O2S/c1-15(19-13-20(28-25-19)24-22(23)26-10-11-29-14-26)17-8-5-9-18(12-17)21(27)16-6-3-2-4-7-16/h2-9,12-13,15H,10-11,14H2,1H3,(H2,23,24). The maximum atomic E-state index is 12.7. The number of benzene rings is 2. The lowest BCUT2D eigenvalue weighted by Gasteiger charge is -2.13. The number of carbonyl (C=O) groups is 1. The Kier molecular flexibility index (Phi) is 5.67. The van der Waals surface area contributed by atoms with Gasteiger partial charge in [0.25, 0.3) is 5.88 Å². The van der Waals surface area contributed by atoms with E-state index in [-0.39, 0.29) is 11.7 Å². The number of aromatic nitrogens is 1. The fourth-order valence-corrected chi connectivity index (χ4v) is 4.15. The van der Waals surface area contributed by atoms with Gasteiger partial charge in [0.1, 0.15) is 0 Å². The molecule has 1 saturated heterocycles. The van der Waals surface area contributed by atoms with E-state index in [1.54, 1.807) is 6.07 Å². The molecule has 0 saturated carbocycles. The minimum Gasteiger partial charge on any atom is -0.369 e. The average molecular weight is 407 g/mol. The highest BCUT2D eigenvalue weighted by molar-refractivity contribution is 7.99. The van der Waals surface area contributed by atoms with Crippen LogP contribution in [-0.2, 0) is 0 Å². The van der Waals surface area contributed by atoms with Gasteiger partial charge in [-0.3, -0.25) is 4.79 Å². The SMILES string of the molecule is CC(c1cccc(C(=O)c2ccccc2)c1)c1cc(/N=C(\N)N2CCSC2)on1. The van der Waals surface area contributed by atoms with Crippen molar-refractivity contribution >= 4 is 29.4 Å². The lowest BCUT2D eigenvalue weighted by atomic mass is 9.94. The van der Waals surface area contributed by atoms with E-state index in [0.717, 1.165) is 29.4 Å². The maximum Gasteiger partial charge on any atom is 0.253 e. The topological polar surface area (TPSA) is 84.7 Å². The molecule has 148 valence electrons. The van der Waals surface area contributed by atoms with Crippen molar-refractivity contribution in [1.82, 2.24) is 10.1 Å². The quantitative estimate of drug-likeness (QED) is 0.391. The van der Waals surface area contributed by atoms with Crippen LogP contribution in [0.5, 0.6) is 0 Å². The first kappa shape index (κ1) is 19.3. The van der Waals surface area contributed by atoms with Crippen LogP contribution < -0.4 is 5.73 Å². The molecule has 0 radical (unpaired) electrons. The number of rotatable bonds is 5. The number of nitrogens with zero attached hydrogens (tertiary/aromatic N) is 3. The van der Waals surface area contributed by atoms with Crippen molar-refractivity contribution in [3.05, 3.63) is 83.0 Å². The van der Waals surface area contributed by atoms with Gasteiger partial charge >= 0.3 is 0 Å². The fraction of sp³-hybridized carbons (Fsp3) is 0.227. The van der Waals surface area contributed by atoms with Crippen molar-refractivity contribution in [2.75, 3.05) is 18.2 Å². The summed E-state index contributed by atoms with van der Waals surface area (Å²) in [5.74, 6) is 2.68. The smallest absolute Gasteiger partial charge is 0.253 e. The Balaban J connectivity index is 1.53. The van der Waals surface area contributed by atoms with Crippen LogP contribution in [0, 0.1) is 0 Å². The highest BCUT2D eigenvalue weighted by Gasteiger charge is 2.18. The Hall–Kier alpha value is -3.06. The number of nitrogens with two attached hydrogens (primary N) is 1. The normalized spacial score (nSPS) is 15.5. The molecule has 1 aliphatic rings. The van der Waals surface area contributed by atoms with Crippen molar-refractivity contribution < 1.29 is 9.32 Å². The zero-order valence-electron chi connectivity index (χ0n) is 16.1. The van der Waals surface area contributed by atoms with Gasteiger partial charge in [-0.15, -0.1) is 11.8 Å². The van der Waals surface area contributed by atoms with E-state index >= 15 is 0 Å². The number of ketones is 1. The summed E-state index contributed by atoms with van der Waals surface area (Å²) in [6.07, 6.45) is 0. The van der Waals surface area contributed by atoms with E-state index in [1.807, 2.05) is 78.2 Å². The molecule has 2 aromatic carbocycles. The zero-order chi connectivity index (χ0) is 20.2. The van der Waals surface area contributed by atoms with Crippen LogP contribution in [0.15, 0.2) is 70.2 Å². The van der Waals surface area contributed by atoms with Crippen LogP contribution in [0.3, 0.4) is 0 Å². The van der Waals surface area contributed by atoms with Crippen molar-refractivity contribution in [2.24, 2.45) is 10.7 Å². The Morgan fingerprint density at radius 1 is 1.17 bits per heavy atom. The van der Waals surface area contributed by atoms with Gasteiger partial charge in [-0.25, -0.2) is 0 Å². The third-order valence-electron chi connectivity index (χ3n) is 4.95. The predicted molar refractivity (Wildman–Crippen MR) is 116 cm³/mol. The first-order chi connectivity index (χ1) is 14.1. The molecule has 1 aliphatic heterocycles. The number of carbonyl (C=O) groups excluding carboxylic acids is 1. The maximum absolute atomic E-state index is 12.7. The Morgan fingerprint density at radius 3 is 2.72 bits per heavy atom. The van der Waals surface area contributed by atoms with Crippen LogP contribution >= 0.6 is 11.8 Å². The molecule has 0 spiro atoms. The minimum atomic E-state index is -0.0465. The second-order valence-electron chi connectivity index (χ2n) is 6.90. The first-order valence-electron chi connectivity index (χ1n) is 9.45. The molecule has 3 aromatic rings. The minimum absolute atomic E-state index is 0.00125. The number of thioether (sulfide) groups is 1. The second-order valence-corrected chi connectivity index (χ2v) is 7.98. The van der Waals surface area contributed by atoms with Crippen molar-refractivity contribution in [3.8, 4) is 0 Å². The lowest BCUT2D eigenvalue weighted by molar-refractivity contribution is 0.103. The van der Waals surface area contributed by atoms with Crippen molar-refractivity contribution in [3.63, 3.8) is 0 Å². The van der Waals surface area contributed by atoms with E-state index < -0.39 is 0 Å². The van der Waals surface area contributed by atoms with E-state index in [1.165, 1.54) is 0 Å². The Bertz CT molecular complexity index is 1030. The molecule has 1 atom stereocenters. The molecule has 2 N–H and O–H groups in total. The van der Waals surface area contributed by atoms with E-state index in [9.17, 15) is 4.79 Å². The average Bonchev–Trinajstić information content (AvgIpc) is 3.46. The van der Waals surface area contributed by atoms with Gasteiger partial charge in [0.15, 0.2) is 11.7 Å². The summed E-state index contributed by atoms with van der Waals surface area (Å²) in [4.78, 5) is 19.1. The van der Waals surface area contributed by atoms with Crippen LogP contribution in [0.4, 0.5) is 5.88 Å². The van der Waals surface area contributed by atoms with Gasteiger partial charge < -0.3 is 15.2 Å². The summed E-state index contributed by atoms with van der Waals surface area (Å²) in [5.41, 5.74) is 9.11. The molecular weight excluding hydrogens is 384 g/mol. The zero-order valence-corrected chi connectivity index (χ0v) is 16.9. The van der Waals surface area contributed by atoms with E-state index in [2.05, 4.69) is 10.1 Å². The van der Waals surface area contributed by atoms with Crippen LogP contribution in [0.2, 0.25) is 0 Å². The van der Waals surface area contributed by atoms with E-state index in [4.69, 9.17) is 10.3 Å². The third kappa shape index (κ3) is 4.35. The second kappa shape index (κ2) is 8.53. The molecule has 7 heteroatoms. The molecule has 29 heavy (non-hydrogen) atoms. The number of hydrogen-bond donors (Lipinski definition) is 1. The third-order valence-corrected chi connectivity index (χ3v) is 5.91. The van der Waals surface area contributed by atoms with Gasteiger partial charge in [0.2, 0.25) is 0 Å². The molecule has 2 heterocycles. The summed E-state index contributed by atoms with van der Waals surface area (Å²) in [6, 6.07) is 18.7. The Labute approximate surface area is 173 Å². The van der Waals surface area contributed by atoms with Gasteiger partial charge in [-0.2, -0.15) is 4.99 Å². The summed E-state index contributed by atoms with van der Waals surface area (Å²) in [7, 11) is 0. The van der Waals surface area contributed by atoms with Gasteiger partial charge in [0, 0.05) is 35.4 Å². The summed E-state index contributed by atoms with van der Waals surface area (Å²) in [5, 5.41) is 4.16. The van der Waals surface area contributed by atoms with Crippen molar-refractivity contribution in [2.45, 2.75) is 12.8 Å². The molecule has 0 amide bonds. The molecule has 1 aromatic heterocycles. The van der Waals surface area contributed by atoms with Crippen LogP contribution in [0.25, 0.3) is 0 Å².